The van der Waals surface area contributed by atoms with E-state index in [0.29, 0.717) is 10.8 Å². The van der Waals surface area contributed by atoms with Gasteiger partial charge in [-0.25, -0.2) is 22.9 Å². The Balaban J connectivity index is 2.20. The molecular weight excluding hydrogens is 516 g/mol. The zero-order valence-electron chi connectivity index (χ0n) is 15.2. The van der Waals surface area contributed by atoms with Gasteiger partial charge in [0.1, 0.15) is 18.8 Å². The Labute approximate surface area is 174 Å². The molecule has 0 spiro atoms. The van der Waals surface area contributed by atoms with Crippen LogP contribution in [-0.4, -0.2) is 69.1 Å². The fourth-order valence-corrected chi connectivity index (χ4v) is 5.43. The third-order valence-electron chi connectivity index (χ3n) is 3.70. The lowest BCUT2D eigenvalue weighted by atomic mass is 10.1. The number of aliphatic hydroxyl groups is 3. The molecule has 0 aliphatic carbocycles. The molecule has 184 valence electrons. The first kappa shape index (κ1) is 27.1. The van der Waals surface area contributed by atoms with E-state index in [1.807, 2.05) is 0 Å². The highest BCUT2D eigenvalue weighted by Gasteiger charge is 2.57. The number of halogens is 1. The molecule has 32 heavy (non-hydrogen) atoms. The third kappa shape index (κ3) is 6.47. The molecule has 1 aromatic rings. The van der Waals surface area contributed by atoms with Gasteiger partial charge in [-0.05, 0) is 0 Å². The lowest BCUT2D eigenvalue weighted by Crippen LogP contribution is -2.43. The molecule has 0 aromatic carbocycles. The number of phosphoric ester groups is 1. The Morgan fingerprint density at radius 3 is 2.25 bits per heavy atom. The molecule has 1 saturated heterocycles. The number of rotatable bonds is 9. The van der Waals surface area contributed by atoms with Gasteiger partial charge >= 0.3 is 29.2 Å². The van der Waals surface area contributed by atoms with E-state index >= 15 is 0 Å². The number of ether oxygens (including phenoxy) is 1. The number of nitrogens with zero attached hydrogens (tertiary/aromatic N) is 1. The molecule has 0 bridgehead atoms. The molecule has 0 saturated carbocycles. The van der Waals surface area contributed by atoms with Gasteiger partial charge in [-0.2, -0.15) is 8.62 Å². The summed E-state index contributed by atoms with van der Waals surface area (Å²) in [6.45, 7) is -2.68. The van der Waals surface area contributed by atoms with Crippen LogP contribution in [0.3, 0.4) is 0 Å². The fourth-order valence-electron chi connectivity index (χ4n) is 2.39. The number of aliphatic hydroxyl groups excluding tert-OH is 3. The van der Waals surface area contributed by atoms with E-state index < -0.39 is 77.8 Å². The number of aromatic amines is 1. The molecule has 6 atom stereocenters. The molecule has 22 heteroatoms. The smallest absolute Gasteiger partial charge is 0.391 e. The summed E-state index contributed by atoms with van der Waals surface area (Å²) in [7, 11) is -17.4. The van der Waals surface area contributed by atoms with Crippen LogP contribution in [0.2, 0.25) is 0 Å². The minimum Gasteiger partial charge on any atom is -0.391 e. The number of aromatic nitrogens is 2. The van der Waals surface area contributed by atoms with Gasteiger partial charge in [-0.3, -0.25) is 18.9 Å². The molecule has 1 aliphatic rings. The average molecular weight is 532 g/mol. The van der Waals surface area contributed by atoms with E-state index in [0.717, 1.165) is 0 Å². The first-order chi connectivity index (χ1) is 14.4. The van der Waals surface area contributed by atoms with E-state index in [2.05, 4.69) is 17.9 Å². The van der Waals surface area contributed by atoms with Crippen molar-refractivity contribution < 1.29 is 70.9 Å². The van der Waals surface area contributed by atoms with Gasteiger partial charge < -0.3 is 39.6 Å². The van der Waals surface area contributed by atoms with Crippen LogP contribution in [-0.2, 0) is 38.2 Å². The van der Waals surface area contributed by atoms with Gasteiger partial charge in [-0.15, -0.1) is 0 Å². The Kier molecular flexibility index (Phi) is 7.83. The van der Waals surface area contributed by atoms with Crippen LogP contribution in [0, 0.1) is 0 Å². The highest BCUT2D eigenvalue weighted by atomic mass is 31.3. The largest absolute Gasteiger partial charge is 0.490 e. The number of nitrogens with one attached hydrogen (secondary N) is 1. The Morgan fingerprint density at radius 2 is 1.72 bits per heavy atom. The summed E-state index contributed by atoms with van der Waals surface area (Å²) in [6.07, 6.45) is -6.21. The second-order valence-corrected chi connectivity index (χ2v) is 10.5. The van der Waals surface area contributed by atoms with Gasteiger partial charge in [-0.1, -0.05) is 0 Å². The molecule has 1 aromatic heterocycles. The van der Waals surface area contributed by atoms with Crippen LogP contribution in [0.15, 0.2) is 15.8 Å². The highest BCUT2D eigenvalue weighted by Crippen LogP contribution is 2.66. The molecule has 18 nitrogen and oxygen atoms in total. The SMILES string of the molecule is O=c1[nH]c(=O)n([C@@H]2O[C@](F)(COP(=O)(O)OP(=O)(O)OP(=O)(O)O)[C@@H](O)[C@H]2O)cc1CO. The van der Waals surface area contributed by atoms with Crippen LogP contribution in [0.1, 0.15) is 11.8 Å². The van der Waals surface area contributed by atoms with Crippen molar-refractivity contribution in [2.24, 2.45) is 0 Å². The Morgan fingerprint density at radius 1 is 1.12 bits per heavy atom. The molecule has 8 N–H and O–H groups in total. The molecule has 0 radical (unpaired) electrons. The van der Waals surface area contributed by atoms with Gasteiger partial charge in [0.2, 0.25) is 0 Å². The van der Waals surface area contributed by atoms with E-state index in [1.54, 1.807) is 4.98 Å². The van der Waals surface area contributed by atoms with Crippen molar-refractivity contribution >= 4 is 23.5 Å². The molecular formula is C10H16FN2O16P3. The summed E-state index contributed by atoms with van der Waals surface area (Å²) in [4.78, 5) is 60.4. The van der Waals surface area contributed by atoms with Crippen molar-refractivity contribution in [3.8, 4) is 0 Å². The van der Waals surface area contributed by atoms with Gasteiger partial charge in [0.15, 0.2) is 6.23 Å². The summed E-state index contributed by atoms with van der Waals surface area (Å²) < 4.78 is 64.4. The molecule has 1 aliphatic heterocycles. The van der Waals surface area contributed by atoms with Crippen LogP contribution >= 0.6 is 23.5 Å². The fraction of sp³-hybridized carbons (Fsp3) is 0.600. The van der Waals surface area contributed by atoms with Crippen LogP contribution in [0.25, 0.3) is 0 Å². The van der Waals surface area contributed by atoms with Gasteiger partial charge in [0.05, 0.1) is 12.2 Å². The van der Waals surface area contributed by atoms with Crippen molar-refractivity contribution in [2.75, 3.05) is 6.61 Å². The number of hydrogen-bond acceptors (Lipinski definition) is 12. The zero-order chi connectivity index (χ0) is 24.7. The maximum Gasteiger partial charge on any atom is 0.490 e. The molecule has 2 heterocycles. The predicted molar refractivity (Wildman–Crippen MR) is 93.0 cm³/mol. The first-order valence-corrected chi connectivity index (χ1v) is 12.4. The summed E-state index contributed by atoms with van der Waals surface area (Å²) in [5, 5.41) is 29.0. The van der Waals surface area contributed by atoms with Crippen molar-refractivity contribution in [2.45, 2.75) is 30.9 Å². The number of H-pyrrole nitrogens is 1. The number of hydrogen-bond donors (Lipinski definition) is 8. The Bertz CT molecular complexity index is 1110. The van der Waals surface area contributed by atoms with E-state index in [4.69, 9.17) is 19.8 Å². The maximum absolute atomic E-state index is 15.0. The van der Waals surface area contributed by atoms with Crippen molar-refractivity contribution in [3.63, 3.8) is 0 Å². The standard InChI is InChI=1S/C10H16FN2O16P3/c11-10(3-26-31(22,23)29-32(24,25)28-30(19,20)21)6(16)5(15)8(27-10)13-1-4(2-14)7(17)12-9(13)18/h1,5-6,8,14-16H,2-3H2,(H,22,23)(H,24,25)(H,12,17,18)(H2,19,20,21)/t5-,6+,8-,10-/m1/s1. The number of phosphoric acid groups is 3. The van der Waals surface area contributed by atoms with E-state index in [-0.39, 0.29) is 0 Å². The topological polar surface area (TPSA) is 285 Å². The van der Waals surface area contributed by atoms with E-state index in [1.165, 1.54) is 0 Å². The summed E-state index contributed by atoms with van der Waals surface area (Å²) in [5.41, 5.74) is -2.69. The van der Waals surface area contributed by atoms with E-state index in [9.17, 15) is 42.8 Å². The molecule has 2 unspecified atom stereocenters. The summed E-state index contributed by atoms with van der Waals surface area (Å²) >= 11 is 0. The Hall–Kier alpha value is -1.14. The summed E-state index contributed by atoms with van der Waals surface area (Å²) in [5.74, 6) is -3.57. The minimum atomic E-state index is -5.91. The lowest BCUT2D eigenvalue weighted by Gasteiger charge is -2.24. The minimum absolute atomic E-state index is 0.382. The number of alkyl halides is 1. The second kappa shape index (κ2) is 9.25. The van der Waals surface area contributed by atoms with Crippen molar-refractivity contribution in [1.82, 2.24) is 9.55 Å². The molecule has 2 rings (SSSR count). The maximum atomic E-state index is 15.0. The van der Waals surface area contributed by atoms with Gasteiger partial charge in [0.25, 0.3) is 11.4 Å². The predicted octanol–water partition coefficient (Wildman–Crippen LogP) is -2.71. The highest BCUT2D eigenvalue weighted by molar-refractivity contribution is 7.66. The molecule has 1 fully saturated rings. The monoisotopic (exact) mass is 532 g/mol. The molecule has 0 amide bonds. The quantitative estimate of drug-likeness (QED) is 0.150. The van der Waals surface area contributed by atoms with Crippen LogP contribution in [0.4, 0.5) is 4.39 Å². The first-order valence-electron chi connectivity index (χ1n) is 7.86. The lowest BCUT2D eigenvalue weighted by molar-refractivity contribution is -0.205. The normalized spacial score (nSPS) is 30.1. The zero-order valence-corrected chi connectivity index (χ0v) is 17.9. The van der Waals surface area contributed by atoms with Crippen molar-refractivity contribution in [3.05, 3.63) is 32.6 Å². The summed E-state index contributed by atoms with van der Waals surface area (Å²) in [6, 6.07) is 0. The average Bonchev–Trinajstić information content (AvgIpc) is 2.82. The third-order valence-corrected chi connectivity index (χ3v) is 7.48. The van der Waals surface area contributed by atoms with Gasteiger partial charge in [0, 0.05) is 6.20 Å². The van der Waals surface area contributed by atoms with Crippen LogP contribution < -0.4 is 11.2 Å². The second-order valence-electron chi connectivity index (χ2n) is 6.07. The van der Waals surface area contributed by atoms with Crippen LogP contribution in [0.5, 0.6) is 0 Å². The van der Waals surface area contributed by atoms with Crippen molar-refractivity contribution in [1.29, 1.82) is 0 Å².